The maximum Gasteiger partial charge on any atom is 0.278 e. The van der Waals surface area contributed by atoms with Crippen molar-refractivity contribution in [2.45, 2.75) is 0 Å². The van der Waals surface area contributed by atoms with Crippen LogP contribution in [0.5, 0.6) is 0 Å². The van der Waals surface area contributed by atoms with Crippen molar-refractivity contribution in [1.29, 1.82) is 0 Å². The Hall–Kier alpha value is -1.65. The number of hydrogen-bond acceptors (Lipinski definition) is 3. The molecule has 5 heteroatoms. The van der Waals surface area contributed by atoms with Crippen LogP contribution in [0.25, 0.3) is 11.0 Å². The first-order valence-electron chi connectivity index (χ1n) is 2.94. The fourth-order valence-electron chi connectivity index (χ4n) is 0.854. The molecule has 0 fully saturated rings. The zero-order valence-electron chi connectivity index (χ0n) is 5.36. The number of halogens is 1. The molecule has 1 aromatic carbocycles. The van der Waals surface area contributed by atoms with Crippen molar-refractivity contribution in [1.82, 2.24) is 5.16 Å². The van der Waals surface area contributed by atoms with E-state index in [4.69, 9.17) is 5.21 Å². The van der Waals surface area contributed by atoms with Gasteiger partial charge in [0.25, 0.3) is 11.0 Å². The molecular formula is C6H4FN2O2+. The molecule has 0 saturated heterocycles. The van der Waals surface area contributed by atoms with Gasteiger partial charge in [-0.25, -0.2) is 4.39 Å². The predicted octanol–water partition coefficient (Wildman–Crippen LogP) is 0.492. The molecule has 0 radical (unpaired) electrons. The van der Waals surface area contributed by atoms with Crippen molar-refractivity contribution in [2.75, 3.05) is 0 Å². The van der Waals surface area contributed by atoms with E-state index in [0.29, 0.717) is 10.4 Å². The normalized spacial score (nSPS) is 10.6. The molecule has 1 N–H and O–H groups in total. The van der Waals surface area contributed by atoms with Gasteiger partial charge in [0.2, 0.25) is 0 Å². The van der Waals surface area contributed by atoms with Crippen molar-refractivity contribution in [2.24, 2.45) is 0 Å². The Morgan fingerprint density at radius 1 is 1.55 bits per heavy atom. The van der Waals surface area contributed by atoms with Crippen LogP contribution in [-0.4, -0.2) is 10.4 Å². The quantitative estimate of drug-likeness (QED) is 0.563. The lowest BCUT2D eigenvalue weighted by atomic mass is 10.3. The van der Waals surface area contributed by atoms with Crippen LogP contribution in [0.2, 0.25) is 0 Å². The summed E-state index contributed by atoms with van der Waals surface area (Å²) in [5.74, 6) is -0.441. The highest BCUT2D eigenvalue weighted by Crippen LogP contribution is 2.07. The van der Waals surface area contributed by atoms with E-state index in [0.717, 1.165) is 6.07 Å². The van der Waals surface area contributed by atoms with Crippen molar-refractivity contribution in [3.8, 4) is 0 Å². The molecule has 0 aliphatic heterocycles. The summed E-state index contributed by atoms with van der Waals surface area (Å²) < 4.78 is 16.8. The van der Waals surface area contributed by atoms with Crippen LogP contribution in [0.15, 0.2) is 22.8 Å². The van der Waals surface area contributed by atoms with Gasteiger partial charge in [0.05, 0.1) is 0 Å². The molecule has 2 aromatic rings. The third-order valence-corrected chi connectivity index (χ3v) is 1.36. The molecule has 0 atom stereocenters. The van der Waals surface area contributed by atoms with E-state index in [-0.39, 0.29) is 5.52 Å². The van der Waals surface area contributed by atoms with E-state index in [1.54, 1.807) is 0 Å². The minimum atomic E-state index is -0.441. The molecule has 56 valence electrons. The Morgan fingerprint density at radius 3 is 3.18 bits per heavy atom. The van der Waals surface area contributed by atoms with Gasteiger partial charge in [-0.05, 0) is 10.7 Å². The lowest BCUT2D eigenvalue weighted by molar-refractivity contribution is -1.02. The minimum Gasteiger partial charge on any atom is -0.316 e. The van der Waals surface area contributed by atoms with Crippen molar-refractivity contribution in [3.63, 3.8) is 0 Å². The van der Waals surface area contributed by atoms with E-state index in [2.05, 4.69) is 9.79 Å². The Kier molecular flexibility index (Phi) is 1.06. The summed E-state index contributed by atoms with van der Waals surface area (Å²) in [5, 5.41) is 12.3. The van der Waals surface area contributed by atoms with Crippen LogP contribution >= 0.6 is 0 Å². The fraction of sp³-hybridized carbons (Fsp3) is 0. The van der Waals surface area contributed by atoms with E-state index < -0.39 is 5.82 Å². The predicted molar refractivity (Wildman–Crippen MR) is 31.3 cm³/mol. The van der Waals surface area contributed by atoms with Gasteiger partial charge in [-0.3, -0.25) is 0 Å². The highest BCUT2D eigenvalue weighted by atomic mass is 19.1. The van der Waals surface area contributed by atoms with Gasteiger partial charge in [0, 0.05) is 12.1 Å². The second-order valence-electron chi connectivity index (χ2n) is 2.08. The largest absolute Gasteiger partial charge is 0.316 e. The molecule has 1 aromatic heterocycles. The summed E-state index contributed by atoms with van der Waals surface area (Å²) in [6, 6.07) is 3.79. The van der Waals surface area contributed by atoms with Crippen LogP contribution in [0, 0.1) is 5.82 Å². The third-order valence-electron chi connectivity index (χ3n) is 1.36. The number of aromatic nitrogens is 2. The molecule has 0 amide bonds. The standard InChI is InChI=1S/C6H4FN2O2/c7-4-1-2-5-6(3-4)9(10)11-8-5/h1-3,10H/q+1. The summed E-state index contributed by atoms with van der Waals surface area (Å²) >= 11 is 0. The molecule has 0 spiro atoms. The van der Waals surface area contributed by atoms with Crippen LogP contribution in [0.1, 0.15) is 0 Å². The molecule has 0 bridgehead atoms. The maximum atomic E-state index is 12.5. The number of benzene rings is 1. The van der Waals surface area contributed by atoms with Crippen LogP contribution in [-0.2, 0) is 0 Å². The summed E-state index contributed by atoms with van der Waals surface area (Å²) in [6.45, 7) is 0. The Bertz CT molecular complexity index is 398. The molecule has 0 aliphatic rings. The summed E-state index contributed by atoms with van der Waals surface area (Å²) in [4.78, 5) is 0.415. The fourth-order valence-corrected chi connectivity index (χ4v) is 0.854. The van der Waals surface area contributed by atoms with Gasteiger partial charge in [-0.2, -0.15) is 0 Å². The summed E-state index contributed by atoms with van der Waals surface area (Å²) in [7, 11) is 0. The summed E-state index contributed by atoms with van der Waals surface area (Å²) in [5.41, 5.74) is 0.624. The number of fused-ring (bicyclic) bond motifs is 1. The second-order valence-corrected chi connectivity index (χ2v) is 2.08. The molecular weight excluding hydrogens is 151 g/mol. The molecule has 4 nitrogen and oxygen atoms in total. The average molecular weight is 155 g/mol. The van der Waals surface area contributed by atoms with Gasteiger partial charge in [0.15, 0.2) is 5.16 Å². The molecule has 1 heterocycles. The molecule has 11 heavy (non-hydrogen) atoms. The van der Waals surface area contributed by atoms with Gasteiger partial charge in [-0.1, -0.05) is 0 Å². The maximum absolute atomic E-state index is 12.5. The highest BCUT2D eigenvalue weighted by molar-refractivity contribution is 5.69. The van der Waals surface area contributed by atoms with Crippen molar-refractivity contribution < 1.29 is 19.1 Å². The van der Waals surface area contributed by atoms with E-state index in [1.807, 2.05) is 0 Å². The first-order valence-corrected chi connectivity index (χ1v) is 2.94. The lowest BCUT2D eigenvalue weighted by Crippen LogP contribution is -2.26. The Balaban J connectivity index is 2.87. The summed E-state index contributed by atoms with van der Waals surface area (Å²) in [6.07, 6.45) is 0. The van der Waals surface area contributed by atoms with Crippen LogP contribution in [0.3, 0.4) is 0 Å². The zero-order valence-corrected chi connectivity index (χ0v) is 5.36. The third kappa shape index (κ3) is 0.813. The van der Waals surface area contributed by atoms with Crippen molar-refractivity contribution in [3.05, 3.63) is 24.0 Å². The number of rotatable bonds is 0. The topological polar surface area (TPSA) is 50.1 Å². The number of nitrogens with zero attached hydrogens (tertiary/aromatic N) is 2. The monoisotopic (exact) mass is 155 g/mol. The Morgan fingerprint density at radius 2 is 2.36 bits per heavy atom. The van der Waals surface area contributed by atoms with Gasteiger partial charge in [0.1, 0.15) is 10.7 Å². The van der Waals surface area contributed by atoms with Crippen molar-refractivity contribution >= 4 is 11.0 Å². The van der Waals surface area contributed by atoms with E-state index in [9.17, 15) is 4.39 Å². The second kappa shape index (κ2) is 1.91. The number of hydrogen-bond donors (Lipinski definition) is 1. The molecule has 0 aliphatic carbocycles. The molecule has 0 saturated carbocycles. The zero-order chi connectivity index (χ0) is 7.84. The average Bonchev–Trinajstić information content (AvgIpc) is 2.33. The Labute approximate surface area is 60.4 Å². The molecule has 0 unspecified atom stereocenters. The molecule has 2 rings (SSSR count). The lowest BCUT2D eigenvalue weighted by Gasteiger charge is -1.80. The SMILES string of the molecule is O[n+]1onc2ccc(F)cc21. The van der Waals surface area contributed by atoms with Crippen LogP contribution < -0.4 is 4.90 Å². The highest BCUT2D eigenvalue weighted by Gasteiger charge is 2.14. The van der Waals surface area contributed by atoms with Gasteiger partial charge >= 0.3 is 0 Å². The first kappa shape index (κ1) is 6.09. The van der Waals surface area contributed by atoms with E-state index in [1.165, 1.54) is 12.1 Å². The van der Waals surface area contributed by atoms with Gasteiger partial charge < -0.3 is 5.21 Å². The van der Waals surface area contributed by atoms with E-state index >= 15 is 0 Å². The minimum absolute atomic E-state index is 0.213. The first-order chi connectivity index (χ1) is 5.27. The smallest absolute Gasteiger partial charge is 0.278 e. The van der Waals surface area contributed by atoms with Gasteiger partial charge in [-0.15, -0.1) is 0 Å². The van der Waals surface area contributed by atoms with Crippen LogP contribution in [0.4, 0.5) is 4.39 Å².